The van der Waals surface area contributed by atoms with Crippen LogP contribution in [-0.2, 0) is 0 Å². The zero-order chi connectivity index (χ0) is 15.1. The minimum atomic E-state index is -0.173. The van der Waals surface area contributed by atoms with E-state index in [1.807, 2.05) is 27.7 Å². The van der Waals surface area contributed by atoms with E-state index >= 15 is 0 Å². The van der Waals surface area contributed by atoms with Gasteiger partial charge in [0.05, 0.1) is 11.7 Å². The van der Waals surface area contributed by atoms with Crippen molar-refractivity contribution in [2.24, 2.45) is 0 Å². The van der Waals surface area contributed by atoms with E-state index in [2.05, 4.69) is 10.6 Å². The van der Waals surface area contributed by atoms with Crippen molar-refractivity contribution in [2.75, 3.05) is 13.1 Å². The van der Waals surface area contributed by atoms with Gasteiger partial charge in [0.2, 0.25) is 0 Å². The fourth-order valence-electron chi connectivity index (χ4n) is 1.80. The lowest BCUT2D eigenvalue weighted by atomic mass is 10.1. The van der Waals surface area contributed by atoms with Gasteiger partial charge in [0, 0.05) is 17.6 Å². The van der Waals surface area contributed by atoms with Gasteiger partial charge in [-0.1, -0.05) is 18.5 Å². The Balaban J connectivity index is 0.00000400. The van der Waals surface area contributed by atoms with E-state index in [1.165, 1.54) is 0 Å². The lowest BCUT2D eigenvalue weighted by Gasteiger charge is -2.16. The molecule has 1 atom stereocenters. The lowest BCUT2D eigenvalue weighted by Crippen LogP contribution is -2.38. The van der Waals surface area contributed by atoms with Gasteiger partial charge in [-0.3, -0.25) is 4.79 Å². The van der Waals surface area contributed by atoms with E-state index in [0.29, 0.717) is 22.9 Å². The molecule has 0 unspecified atom stereocenters. The smallest absolute Gasteiger partial charge is 0.255 e. The van der Waals surface area contributed by atoms with E-state index in [-0.39, 0.29) is 30.5 Å². The molecular formula is C15H24Cl2N2O2. The minimum absolute atomic E-state index is 0. The molecule has 21 heavy (non-hydrogen) atoms. The molecule has 0 aromatic heterocycles. The van der Waals surface area contributed by atoms with Crippen LogP contribution in [0.5, 0.6) is 5.75 Å². The Morgan fingerprint density at radius 2 is 2.00 bits per heavy atom. The summed E-state index contributed by atoms with van der Waals surface area (Å²) < 4.78 is 5.64. The van der Waals surface area contributed by atoms with Crippen molar-refractivity contribution >= 4 is 29.9 Å². The van der Waals surface area contributed by atoms with Gasteiger partial charge in [-0.15, -0.1) is 12.4 Å². The van der Waals surface area contributed by atoms with Crippen LogP contribution in [0.1, 0.15) is 38.1 Å². The Labute approximate surface area is 138 Å². The van der Waals surface area contributed by atoms with E-state index in [9.17, 15) is 4.79 Å². The molecule has 1 aromatic carbocycles. The molecule has 0 heterocycles. The molecule has 0 aliphatic heterocycles. The third kappa shape index (κ3) is 7.02. The molecule has 0 radical (unpaired) electrons. The van der Waals surface area contributed by atoms with Crippen LogP contribution in [-0.4, -0.2) is 31.1 Å². The summed E-state index contributed by atoms with van der Waals surface area (Å²) in [5.41, 5.74) is 0.467. The summed E-state index contributed by atoms with van der Waals surface area (Å²) in [6.07, 6.45) is 0.00315. The first kappa shape index (κ1) is 20.0. The molecule has 0 bridgehead atoms. The summed E-state index contributed by atoms with van der Waals surface area (Å²) >= 11 is 5.96. The van der Waals surface area contributed by atoms with Crippen molar-refractivity contribution in [3.05, 3.63) is 28.8 Å². The molecule has 0 spiro atoms. The van der Waals surface area contributed by atoms with Gasteiger partial charge >= 0.3 is 0 Å². The number of likely N-dealkylation sites (N-methyl/N-ethyl adjacent to an activating group) is 1. The maximum atomic E-state index is 12.2. The summed E-state index contributed by atoms with van der Waals surface area (Å²) in [5.74, 6) is 0.380. The van der Waals surface area contributed by atoms with Crippen LogP contribution < -0.4 is 15.4 Å². The molecule has 120 valence electrons. The van der Waals surface area contributed by atoms with Crippen LogP contribution in [0.4, 0.5) is 0 Å². The third-order valence-electron chi connectivity index (χ3n) is 2.67. The van der Waals surface area contributed by atoms with Crippen LogP contribution in [0.3, 0.4) is 0 Å². The number of halogens is 2. The number of hydrogen-bond donors (Lipinski definition) is 2. The molecule has 0 fully saturated rings. The maximum Gasteiger partial charge on any atom is 0.255 e. The summed E-state index contributed by atoms with van der Waals surface area (Å²) in [6, 6.07) is 5.30. The normalized spacial score (nSPS) is 11.7. The van der Waals surface area contributed by atoms with Crippen LogP contribution in [0.15, 0.2) is 18.2 Å². The number of benzene rings is 1. The van der Waals surface area contributed by atoms with Crippen molar-refractivity contribution < 1.29 is 9.53 Å². The van der Waals surface area contributed by atoms with Gasteiger partial charge < -0.3 is 15.4 Å². The first-order valence-corrected chi connectivity index (χ1v) is 7.29. The second-order valence-electron chi connectivity index (χ2n) is 4.98. The lowest BCUT2D eigenvalue weighted by molar-refractivity contribution is 0.0944. The first-order valence-electron chi connectivity index (χ1n) is 6.91. The molecule has 0 aliphatic carbocycles. The van der Waals surface area contributed by atoms with E-state index < -0.39 is 0 Å². The Morgan fingerprint density at radius 1 is 1.33 bits per heavy atom. The summed E-state index contributed by atoms with van der Waals surface area (Å²) in [7, 11) is 0. The quantitative estimate of drug-likeness (QED) is 0.804. The third-order valence-corrected chi connectivity index (χ3v) is 2.91. The van der Waals surface area contributed by atoms with Crippen LogP contribution in [0.2, 0.25) is 5.02 Å². The number of nitrogens with one attached hydrogen (secondary N) is 2. The zero-order valence-electron chi connectivity index (χ0n) is 12.9. The summed E-state index contributed by atoms with van der Waals surface area (Å²) in [4.78, 5) is 12.2. The minimum Gasteiger partial charge on any atom is -0.490 e. The number of carbonyl (C=O) groups is 1. The SMILES string of the molecule is CCN[C@H](C)CNC(=O)c1cc(Cl)ccc1OC(C)C.Cl. The molecule has 0 saturated carbocycles. The molecule has 0 aliphatic rings. The van der Waals surface area contributed by atoms with Gasteiger partial charge in [-0.05, 0) is 45.5 Å². The average molecular weight is 335 g/mol. The van der Waals surface area contributed by atoms with Gasteiger partial charge in [-0.2, -0.15) is 0 Å². The Kier molecular flexibility index (Phi) is 9.42. The van der Waals surface area contributed by atoms with E-state index in [1.54, 1.807) is 18.2 Å². The zero-order valence-corrected chi connectivity index (χ0v) is 14.5. The number of carbonyl (C=O) groups excluding carboxylic acids is 1. The second-order valence-corrected chi connectivity index (χ2v) is 5.41. The number of hydrogen-bond acceptors (Lipinski definition) is 3. The van der Waals surface area contributed by atoms with E-state index in [0.717, 1.165) is 6.54 Å². The molecule has 0 saturated heterocycles. The second kappa shape index (κ2) is 9.87. The van der Waals surface area contributed by atoms with Gasteiger partial charge in [0.25, 0.3) is 5.91 Å². The van der Waals surface area contributed by atoms with Gasteiger partial charge in [0.1, 0.15) is 5.75 Å². The molecule has 6 heteroatoms. The predicted octanol–water partition coefficient (Wildman–Crippen LogP) is 3.28. The largest absolute Gasteiger partial charge is 0.490 e. The molecule has 1 rings (SSSR count). The van der Waals surface area contributed by atoms with Crippen molar-refractivity contribution in [3.63, 3.8) is 0 Å². The molecule has 1 aromatic rings. The highest BCUT2D eigenvalue weighted by Gasteiger charge is 2.15. The Bertz CT molecular complexity index is 453. The highest BCUT2D eigenvalue weighted by molar-refractivity contribution is 6.31. The highest BCUT2D eigenvalue weighted by Crippen LogP contribution is 2.23. The topological polar surface area (TPSA) is 50.4 Å². The molecule has 2 N–H and O–H groups in total. The number of amides is 1. The standard InChI is InChI=1S/C15H23ClN2O2.ClH/c1-5-17-11(4)9-18-15(19)13-8-12(16)6-7-14(13)20-10(2)3;/h6-8,10-11,17H,5,9H2,1-4H3,(H,18,19);1H/t11-;/m1./s1. The highest BCUT2D eigenvalue weighted by atomic mass is 35.5. The Hall–Kier alpha value is -0.970. The van der Waals surface area contributed by atoms with Crippen molar-refractivity contribution in [2.45, 2.75) is 39.8 Å². The van der Waals surface area contributed by atoms with Crippen molar-refractivity contribution in [3.8, 4) is 5.75 Å². The average Bonchev–Trinajstić information content (AvgIpc) is 2.38. The van der Waals surface area contributed by atoms with Crippen molar-refractivity contribution in [1.82, 2.24) is 10.6 Å². The molecular weight excluding hydrogens is 311 g/mol. The summed E-state index contributed by atoms with van der Waals surface area (Å²) in [6.45, 7) is 9.32. The van der Waals surface area contributed by atoms with Crippen LogP contribution in [0.25, 0.3) is 0 Å². The molecule has 1 amide bonds. The maximum absolute atomic E-state index is 12.2. The molecule has 4 nitrogen and oxygen atoms in total. The van der Waals surface area contributed by atoms with Crippen molar-refractivity contribution in [1.29, 1.82) is 0 Å². The monoisotopic (exact) mass is 334 g/mol. The van der Waals surface area contributed by atoms with E-state index in [4.69, 9.17) is 16.3 Å². The fraction of sp³-hybridized carbons (Fsp3) is 0.533. The predicted molar refractivity (Wildman–Crippen MR) is 89.9 cm³/mol. The Morgan fingerprint density at radius 3 is 2.57 bits per heavy atom. The van der Waals surface area contributed by atoms with Gasteiger partial charge in [0.15, 0.2) is 0 Å². The van der Waals surface area contributed by atoms with Crippen LogP contribution >= 0.6 is 24.0 Å². The fourth-order valence-corrected chi connectivity index (χ4v) is 1.97. The van der Waals surface area contributed by atoms with Crippen LogP contribution in [0, 0.1) is 0 Å². The first-order chi connectivity index (χ1) is 9.43. The number of rotatable bonds is 7. The van der Waals surface area contributed by atoms with Gasteiger partial charge in [-0.25, -0.2) is 0 Å². The number of ether oxygens (including phenoxy) is 1. The summed E-state index contributed by atoms with van der Waals surface area (Å²) in [5, 5.41) is 6.64.